The van der Waals surface area contributed by atoms with Crippen LogP contribution in [0.3, 0.4) is 0 Å². The Morgan fingerprint density at radius 3 is 1.14 bits per heavy atom. The Balaban J connectivity index is 1.71. The maximum atomic E-state index is 14.1. The van der Waals surface area contributed by atoms with Crippen molar-refractivity contribution in [2.24, 2.45) is 5.92 Å². The molecule has 0 radical (unpaired) electrons. The van der Waals surface area contributed by atoms with E-state index in [2.05, 4.69) is 6.92 Å². The average molecular weight is 751 g/mol. The van der Waals surface area contributed by atoms with Crippen molar-refractivity contribution >= 4 is 26.5 Å². The molecule has 2 aromatic carbocycles. The minimum absolute atomic E-state index is 0.000490. The summed E-state index contributed by atoms with van der Waals surface area (Å²) in [6, 6.07) is 1.95. The zero-order valence-corrected chi connectivity index (χ0v) is 28.8. The predicted octanol–water partition coefficient (Wildman–Crippen LogP) is 12.9. The summed E-state index contributed by atoms with van der Waals surface area (Å²) in [5.74, 6) is -0.270. The summed E-state index contributed by atoms with van der Waals surface area (Å²) < 4.78 is 169. The molecule has 3 fully saturated rings. The third-order valence-corrected chi connectivity index (χ3v) is 17.6. The van der Waals surface area contributed by atoms with E-state index < -0.39 is 79.1 Å². The molecule has 14 heteroatoms. The number of alkyl halides is 12. The molecule has 1 unspecified atom stereocenters. The van der Waals surface area contributed by atoms with Gasteiger partial charge in [0.2, 0.25) is 0 Å². The third kappa shape index (κ3) is 9.10. The van der Waals surface area contributed by atoms with Gasteiger partial charge in [0.1, 0.15) is 0 Å². The molecule has 3 atom stereocenters. The van der Waals surface area contributed by atoms with Gasteiger partial charge in [0.15, 0.2) is 0 Å². The van der Waals surface area contributed by atoms with Crippen molar-refractivity contribution in [1.82, 2.24) is 0 Å². The Bertz CT molecular complexity index is 1260. The molecule has 0 aromatic heterocycles. The largest absolute Gasteiger partial charge is 0.416 e. The lowest BCUT2D eigenvalue weighted by molar-refractivity contribution is -0.144. The highest BCUT2D eigenvalue weighted by Crippen LogP contribution is 2.64. The summed E-state index contributed by atoms with van der Waals surface area (Å²) in [5, 5.41) is -1.01. The van der Waals surface area contributed by atoms with Crippen molar-refractivity contribution < 1.29 is 52.7 Å². The Morgan fingerprint density at radius 1 is 0.469 bits per heavy atom. The van der Waals surface area contributed by atoms with E-state index in [0.29, 0.717) is 48.4 Å². The van der Waals surface area contributed by atoms with Crippen LogP contribution in [-0.2, 0) is 24.7 Å². The fourth-order valence-corrected chi connectivity index (χ4v) is 16.7. The number of hydrogen-bond acceptors (Lipinski definition) is 0. The third-order valence-electron chi connectivity index (χ3n) is 10.6. The van der Waals surface area contributed by atoms with Crippen molar-refractivity contribution in [3.05, 3.63) is 58.7 Å². The van der Waals surface area contributed by atoms with Crippen molar-refractivity contribution in [2.45, 2.75) is 138 Å². The fourth-order valence-electron chi connectivity index (χ4n) is 8.48. The zero-order valence-electron chi connectivity index (χ0n) is 27.0. The molecular weight excluding hydrogens is 710 g/mol. The van der Waals surface area contributed by atoms with Crippen molar-refractivity contribution in [2.75, 3.05) is 0 Å². The summed E-state index contributed by atoms with van der Waals surface area (Å²) >= 11 is 0. The molecule has 0 nitrogen and oxygen atoms in total. The Morgan fingerprint density at radius 2 is 0.816 bits per heavy atom. The molecule has 3 aliphatic carbocycles. The van der Waals surface area contributed by atoms with Crippen molar-refractivity contribution in [3.63, 3.8) is 0 Å². The van der Waals surface area contributed by atoms with E-state index in [1.165, 1.54) is 0 Å². The van der Waals surface area contributed by atoms with Crippen LogP contribution < -0.4 is 10.6 Å². The highest BCUT2D eigenvalue weighted by atomic mass is 31.1. The van der Waals surface area contributed by atoms with Gasteiger partial charge >= 0.3 is 24.7 Å². The molecule has 0 bridgehead atoms. The van der Waals surface area contributed by atoms with Gasteiger partial charge in [-0.3, -0.25) is 0 Å². The van der Waals surface area contributed by atoms with E-state index in [1.54, 1.807) is 0 Å². The average Bonchev–Trinajstić information content (AvgIpc) is 3.50. The molecule has 2 aromatic rings. The van der Waals surface area contributed by atoms with E-state index in [0.717, 1.165) is 64.2 Å². The smallest absolute Gasteiger partial charge is 0.166 e. The zero-order chi connectivity index (χ0) is 35.9. The van der Waals surface area contributed by atoms with Gasteiger partial charge in [-0.05, 0) is 122 Å². The topological polar surface area (TPSA) is 0 Å². The van der Waals surface area contributed by atoms with Crippen LogP contribution in [-0.4, -0.2) is 22.6 Å². The SMILES string of the molecule is C[C@@H]([C@H]1CCCC1P(c1cc(C(F)(F)F)cc(C(F)(F)F)c1)c1cc(C(F)(F)F)cc(C(F)(F)F)c1)P(C1CCCCC1)C1CCCCC1. The first kappa shape index (κ1) is 38.7. The van der Waals surface area contributed by atoms with Gasteiger partial charge in [-0.25, -0.2) is 0 Å². The maximum Gasteiger partial charge on any atom is 0.416 e. The van der Waals surface area contributed by atoms with Gasteiger partial charge in [-0.15, -0.1) is 0 Å². The Kier molecular flexibility index (Phi) is 11.7. The van der Waals surface area contributed by atoms with E-state index in [1.807, 2.05) is 0 Å². The molecule has 3 saturated carbocycles. The van der Waals surface area contributed by atoms with Crippen LogP contribution in [0.2, 0.25) is 0 Å². The van der Waals surface area contributed by atoms with Gasteiger partial charge in [-0.2, -0.15) is 52.7 Å². The maximum absolute atomic E-state index is 14.1. The molecule has 0 heterocycles. The van der Waals surface area contributed by atoms with E-state index in [-0.39, 0.29) is 30.1 Å². The van der Waals surface area contributed by atoms with Crippen LogP contribution in [0.25, 0.3) is 0 Å². The highest BCUT2D eigenvalue weighted by molar-refractivity contribution is 7.73. The quantitative estimate of drug-likeness (QED) is 0.195. The van der Waals surface area contributed by atoms with Crippen LogP contribution in [0.5, 0.6) is 0 Å². The lowest BCUT2D eigenvalue weighted by Crippen LogP contribution is -2.35. The summed E-state index contributed by atoms with van der Waals surface area (Å²) in [6.07, 6.45) is -8.92. The van der Waals surface area contributed by atoms with Gasteiger partial charge in [0.25, 0.3) is 0 Å². The Labute approximate surface area is 281 Å². The summed E-state index contributed by atoms with van der Waals surface area (Å²) in [6.45, 7) is 2.09. The van der Waals surface area contributed by atoms with Crippen molar-refractivity contribution in [1.29, 1.82) is 0 Å². The number of halogens is 12. The second-order valence-electron chi connectivity index (χ2n) is 13.8. The minimum Gasteiger partial charge on any atom is -0.166 e. The first-order valence-corrected chi connectivity index (χ1v) is 19.9. The number of rotatable bonds is 7. The van der Waals surface area contributed by atoms with Gasteiger partial charge in [0, 0.05) is 0 Å². The summed E-state index contributed by atoms with van der Waals surface area (Å²) in [4.78, 5) is 0. The molecule has 274 valence electrons. The van der Waals surface area contributed by atoms with E-state index in [9.17, 15) is 52.7 Å². The van der Waals surface area contributed by atoms with Gasteiger partial charge < -0.3 is 0 Å². The first-order chi connectivity index (χ1) is 22.7. The molecule has 49 heavy (non-hydrogen) atoms. The highest BCUT2D eigenvalue weighted by Gasteiger charge is 2.47. The minimum atomic E-state index is -5.24. The molecule has 5 rings (SSSR count). The number of benzene rings is 2. The second kappa shape index (κ2) is 14.8. The molecular formula is C35H40F12P2. The standard InChI is InChI=1S/C35H40F12P2/c1-21(48(26-9-4-2-5-10-26)27-11-6-3-7-12-27)30-13-8-14-31(30)49(28-17-22(32(36,37)38)15-23(18-28)33(39,40)41)29-19-24(34(42,43)44)16-25(20-29)35(45,46)47/h15-21,26-27,30-31H,2-14H2,1H3/t21-,30+,31?/m0/s1. The van der Waals surface area contributed by atoms with E-state index in [4.69, 9.17) is 0 Å². The molecule has 0 spiro atoms. The van der Waals surface area contributed by atoms with E-state index >= 15 is 0 Å². The molecule has 0 saturated heterocycles. The lowest BCUT2D eigenvalue weighted by Gasteiger charge is -2.46. The van der Waals surface area contributed by atoms with Crippen LogP contribution in [0.4, 0.5) is 52.7 Å². The normalized spacial score (nSPS) is 23.1. The lowest BCUT2D eigenvalue weighted by atomic mass is 9.99. The van der Waals surface area contributed by atoms with Crippen LogP contribution in [0, 0.1) is 5.92 Å². The fraction of sp³-hybridized carbons (Fsp3) is 0.657. The summed E-state index contributed by atoms with van der Waals surface area (Å²) in [7, 11) is -3.19. The van der Waals surface area contributed by atoms with Crippen LogP contribution >= 0.6 is 15.8 Å². The van der Waals surface area contributed by atoms with Crippen molar-refractivity contribution in [3.8, 4) is 0 Å². The Hall–Kier alpha value is -1.54. The number of hydrogen-bond donors (Lipinski definition) is 0. The predicted molar refractivity (Wildman–Crippen MR) is 170 cm³/mol. The monoisotopic (exact) mass is 750 g/mol. The second-order valence-corrected chi connectivity index (χ2v) is 19.4. The van der Waals surface area contributed by atoms with Crippen LogP contribution in [0.1, 0.15) is 113 Å². The molecule has 0 amide bonds. The molecule has 0 aliphatic heterocycles. The molecule has 3 aliphatic rings. The van der Waals surface area contributed by atoms with Gasteiger partial charge in [0.05, 0.1) is 22.3 Å². The van der Waals surface area contributed by atoms with Crippen LogP contribution in [0.15, 0.2) is 36.4 Å². The van der Waals surface area contributed by atoms with Gasteiger partial charge in [-0.1, -0.05) is 59.8 Å². The summed E-state index contributed by atoms with van der Waals surface area (Å²) in [5.41, 5.74) is -6.38. The molecule has 0 N–H and O–H groups in total. The first-order valence-electron chi connectivity index (χ1n) is 16.9.